The number of methoxy groups -OCH3 is 1. The molecule has 4 nitrogen and oxygen atoms in total. The molecule has 0 aromatic heterocycles. The standard InChI is InChI=1S/C13H19NO3/c1-3-6-14-10-11-4-5-12(17-8-7-15)13(9-11)16-2/h3-5,9,14-15H,1,6-8,10H2,2H3. The van der Waals surface area contributed by atoms with Gasteiger partial charge in [-0.15, -0.1) is 6.58 Å². The maximum atomic E-state index is 8.70. The van der Waals surface area contributed by atoms with Crippen molar-refractivity contribution < 1.29 is 14.6 Å². The second kappa shape index (κ2) is 7.70. The van der Waals surface area contributed by atoms with Gasteiger partial charge in [0.25, 0.3) is 0 Å². The fraction of sp³-hybridized carbons (Fsp3) is 0.385. The van der Waals surface area contributed by atoms with E-state index in [-0.39, 0.29) is 13.2 Å². The molecule has 0 saturated carbocycles. The third-order valence-corrected chi connectivity index (χ3v) is 2.19. The molecule has 0 aliphatic heterocycles. The smallest absolute Gasteiger partial charge is 0.161 e. The lowest BCUT2D eigenvalue weighted by Crippen LogP contribution is -2.12. The van der Waals surface area contributed by atoms with Crippen LogP contribution < -0.4 is 14.8 Å². The molecule has 0 aliphatic carbocycles. The Labute approximate surface area is 102 Å². The highest BCUT2D eigenvalue weighted by atomic mass is 16.5. The lowest BCUT2D eigenvalue weighted by molar-refractivity contribution is 0.196. The Morgan fingerprint density at radius 1 is 1.41 bits per heavy atom. The average molecular weight is 237 g/mol. The summed E-state index contributed by atoms with van der Waals surface area (Å²) < 4.78 is 10.6. The lowest BCUT2D eigenvalue weighted by atomic mass is 10.2. The molecule has 1 aromatic rings. The monoisotopic (exact) mass is 237 g/mol. The molecule has 0 atom stereocenters. The highest BCUT2D eigenvalue weighted by molar-refractivity contribution is 5.42. The number of rotatable bonds is 8. The maximum Gasteiger partial charge on any atom is 0.161 e. The van der Waals surface area contributed by atoms with E-state index in [2.05, 4.69) is 11.9 Å². The summed E-state index contributed by atoms with van der Waals surface area (Å²) in [6.07, 6.45) is 1.82. The normalized spacial score (nSPS) is 10.0. The molecule has 1 rings (SSSR count). The second-order valence-corrected chi connectivity index (χ2v) is 3.48. The van der Waals surface area contributed by atoms with E-state index in [0.29, 0.717) is 11.5 Å². The molecule has 0 fully saturated rings. The molecule has 0 heterocycles. The number of aliphatic hydroxyl groups excluding tert-OH is 1. The third-order valence-electron chi connectivity index (χ3n) is 2.19. The van der Waals surface area contributed by atoms with E-state index in [1.54, 1.807) is 7.11 Å². The van der Waals surface area contributed by atoms with Crippen molar-refractivity contribution in [3.63, 3.8) is 0 Å². The van der Waals surface area contributed by atoms with Crippen molar-refractivity contribution in [2.24, 2.45) is 0 Å². The molecular formula is C13H19NO3. The van der Waals surface area contributed by atoms with E-state index in [1.807, 2.05) is 24.3 Å². The van der Waals surface area contributed by atoms with Crippen molar-refractivity contribution in [2.45, 2.75) is 6.54 Å². The molecule has 2 N–H and O–H groups in total. The van der Waals surface area contributed by atoms with Gasteiger partial charge in [-0.2, -0.15) is 0 Å². The molecule has 0 amide bonds. The number of ether oxygens (including phenoxy) is 2. The van der Waals surface area contributed by atoms with Crippen LogP contribution in [0.2, 0.25) is 0 Å². The fourth-order valence-electron chi connectivity index (χ4n) is 1.42. The van der Waals surface area contributed by atoms with Crippen LogP contribution in [0.4, 0.5) is 0 Å². The van der Waals surface area contributed by atoms with Crippen LogP contribution in [0.25, 0.3) is 0 Å². The fourth-order valence-corrected chi connectivity index (χ4v) is 1.42. The van der Waals surface area contributed by atoms with Crippen molar-refractivity contribution in [1.82, 2.24) is 5.32 Å². The topological polar surface area (TPSA) is 50.7 Å². The molecular weight excluding hydrogens is 218 g/mol. The summed E-state index contributed by atoms with van der Waals surface area (Å²) in [5.74, 6) is 1.32. The summed E-state index contributed by atoms with van der Waals surface area (Å²) in [5.41, 5.74) is 1.11. The highest BCUT2D eigenvalue weighted by Crippen LogP contribution is 2.27. The van der Waals surface area contributed by atoms with Crippen LogP contribution in [0.5, 0.6) is 11.5 Å². The predicted molar refractivity (Wildman–Crippen MR) is 67.5 cm³/mol. The summed E-state index contributed by atoms with van der Waals surface area (Å²) in [6, 6.07) is 5.73. The number of hydrogen-bond acceptors (Lipinski definition) is 4. The van der Waals surface area contributed by atoms with Crippen molar-refractivity contribution >= 4 is 0 Å². The van der Waals surface area contributed by atoms with E-state index < -0.39 is 0 Å². The van der Waals surface area contributed by atoms with Gasteiger partial charge in [0, 0.05) is 13.1 Å². The van der Waals surface area contributed by atoms with Crippen LogP contribution in [0, 0.1) is 0 Å². The molecule has 0 saturated heterocycles. The van der Waals surface area contributed by atoms with Crippen molar-refractivity contribution in [3.05, 3.63) is 36.4 Å². The quantitative estimate of drug-likeness (QED) is 0.529. The zero-order valence-corrected chi connectivity index (χ0v) is 10.1. The molecule has 0 radical (unpaired) electrons. The van der Waals surface area contributed by atoms with E-state index in [0.717, 1.165) is 18.7 Å². The Kier molecular flexibility index (Phi) is 6.14. The van der Waals surface area contributed by atoms with Gasteiger partial charge in [-0.25, -0.2) is 0 Å². The molecule has 0 bridgehead atoms. The Bertz CT molecular complexity index is 353. The molecule has 4 heteroatoms. The summed E-state index contributed by atoms with van der Waals surface area (Å²) in [6.45, 7) is 5.42. The maximum absolute atomic E-state index is 8.70. The first kappa shape index (κ1) is 13.5. The van der Waals surface area contributed by atoms with E-state index >= 15 is 0 Å². The van der Waals surface area contributed by atoms with Gasteiger partial charge in [0.2, 0.25) is 0 Å². The van der Waals surface area contributed by atoms with Gasteiger partial charge in [0.15, 0.2) is 11.5 Å². The molecule has 94 valence electrons. The highest BCUT2D eigenvalue weighted by Gasteiger charge is 2.05. The largest absolute Gasteiger partial charge is 0.493 e. The molecule has 0 aliphatic rings. The van der Waals surface area contributed by atoms with Crippen LogP contribution in [-0.4, -0.2) is 32.0 Å². The first-order chi connectivity index (χ1) is 8.31. The first-order valence-electron chi connectivity index (χ1n) is 5.54. The average Bonchev–Trinajstić information content (AvgIpc) is 2.37. The van der Waals surface area contributed by atoms with Gasteiger partial charge < -0.3 is 19.9 Å². The number of hydrogen-bond donors (Lipinski definition) is 2. The van der Waals surface area contributed by atoms with E-state index in [1.165, 1.54) is 0 Å². The Balaban J connectivity index is 2.66. The molecule has 0 unspecified atom stereocenters. The minimum Gasteiger partial charge on any atom is -0.493 e. The van der Waals surface area contributed by atoms with Gasteiger partial charge >= 0.3 is 0 Å². The van der Waals surface area contributed by atoms with Crippen LogP contribution in [-0.2, 0) is 6.54 Å². The number of aliphatic hydroxyl groups is 1. The van der Waals surface area contributed by atoms with Crippen molar-refractivity contribution in [3.8, 4) is 11.5 Å². The molecule has 0 spiro atoms. The van der Waals surface area contributed by atoms with Gasteiger partial charge in [0.1, 0.15) is 6.61 Å². The summed E-state index contributed by atoms with van der Waals surface area (Å²) >= 11 is 0. The van der Waals surface area contributed by atoms with Crippen LogP contribution in [0.3, 0.4) is 0 Å². The molecule has 1 aromatic carbocycles. The van der Waals surface area contributed by atoms with Gasteiger partial charge in [-0.05, 0) is 17.7 Å². The van der Waals surface area contributed by atoms with Crippen LogP contribution in [0.1, 0.15) is 5.56 Å². The second-order valence-electron chi connectivity index (χ2n) is 3.48. The Morgan fingerprint density at radius 2 is 2.24 bits per heavy atom. The minimum absolute atomic E-state index is 0.00814. The number of nitrogens with one attached hydrogen (secondary N) is 1. The Hall–Kier alpha value is -1.52. The zero-order valence-electron chi connectivity index (χ0n) is 10.1. The number of benzene rings is 1. The third kappa shape index (κ3) is 4.46. The van der Waals surface area contributed by atoms with E-state index in [9.17, 15) is 0 Å². The van der Waals surface area contributed by atoms with Crippen LogP contribution >= 0.6 is 0 Å². The zero-order chi connectivity index (χ0) is 12.5. The lowest BCUT2D eigenvalue weighted by Gasteiger charge is -2.11. The Morgan fingerprint density at radius 3 is 2.88 bits per heavy atom. The minimum atomic E-state index is -0.00814. The summed E-state index contributed by atoms with van der Waals surface area (Å²) in [7, 11) is 1.60. The first-order valence-corrected chi connectivity index (χ1v) is 5.54. The SMILES string of the molecule is C=CCNCc1ccc(OCCO)c(OC)c1. The predicted octanol–water partition coefficient (Wildman–Crippen LogP) is 1.34. The van der Waals surface area contributed by atoms with Gasteiger partial charge in [0.05, 0.1) is 13.7 Å². The van der Waals surface area contributed by atoms with Gasteiger partial charge in [-0.3, -0.25) is 0 Å². The summed E-state index contributed by atoms with van der Waals surface area (Å²) in [5, 5.41) is 11.9. The summed E-state index contributed by atoms with van der Waals surface area (Å²) in [4.78, 5) is 0. The van der Waals surface area contributed by atoms with Crippen molar-refractivity contribution in [1.29, 1.82) is 0 Å². The van der Waals surface area contributed by atoms with Crippen molar-refractivity contribution in [2.75, 3.05) is 26.9 Å². The van der Waals surface area contributed by atoms with E-state index in [4.69, 9.17) is 14.6 Å². The van der Waals surface area contributed by atoms with Crippen LogP contribution in [0.15, 0.2) is 30.9 Å². The molecule has 17 heavy (non-hydrogen) atoms. The van der Waals surface area contributed by atoms with Gasteiger partial charge in [-0.1, -0.05) is 12.1 Å².